The zero-order chi connectivity index (χ0) is 35.6. The third kappa shape index (κ3) is 5.17. The number of esters is 4. The van der Waals surface area contributed by atoms with Crippen LogP contribution in [-0.4, -0.2) is 81.3 Å². The van der Waals surface area contributed by atoms with Gasteiger partial charge in [0.1, 0.15) is 35.9 Å². The number of fused-ring (bicyclic) bond motifs is 2. The van der Waals surface area contributed by atoms with Crippen molar-refractivity contribution in [3.63, 3.8) is 0 Å². The fourth-order valence-electron chi connectivity index (χ4n) is 9.07. The smallest absolute Gasteiger partial charge is 0.335 e. The van der Waals surface area contributed by atoms with Crippen LogP contribution in [0.25, 0.3) is 0 Å². The number of aliphatic hydroxyl groups excluding tert-OH is 1. The predicted molar refractivity (Wildman–Crippen MR) is 165 cm³/mol. The molecule has 1 aromatic rings. The van der Waals surface area contributed by atoms with Gasteiger partial charge in [0, 0.05) is 41.6 Å². The van der Waals surface area contributed by atoms with Crippen molar-refractivity contribution in [2.45, 2.75) is 96.2 Å². The largest absolute Gasteiger partial charge is 0.481 e. The lowest BCUT2D eigenvalue weighted by Gasteiger charge is -2.61. The lowest BCUT2D eigenvalue weighted by Crippen LogP contribution is -2.70. The molecule has 0 aromatic carbocycles. The molecule has 0 spiro atoms. The highest BCUT2D eigenvalue weighted by atomic mass is 16.6. The summed E-state index contributed by atoms with van der Waals surface area (Å²) in [7, 11) is 0. The molecule has 13 heteroatoms. The first-order chi connectivity index (χ1) is 22.4. The summed E-state index contributed by atoms with van der Waals surface area (Å²) in [6.45, 7) is 13.4. The Morgan fingerprint density at radius 3 is 2.44 bits per heavy atom. The van der Waals surface area contributed by atoms with Crippen LogP contribution in [0.15, 0.2) is 47.3 Å². The summed E-state index contributed by atoms with van der Waals surface area (Å²) in [6, 6.07) is 1.63. The van der Waals surface area contributed by atoms with Gasteiger partial charge in [0.25, 0.3) is 0 Å². The molecule has 1 aromatic heterocycles. The molecule has 0 unspecified atom stereocenters. The Bertz CT molecular complexity index is 1530. The van der Waals surface area contributed by atoms with Crippen LogP contribution in [0.5, 0.6) is 0 Å². The summed E-state index contributed by atoms with van der Waals surface area (Å²) in [6.07, 6.45) is 0.904. The van der Waals surface area contributed by atoms with Gasteiger partial charge in [-0.3, -0.25) is 14.4 Å². The predicted octanol–water partition coefficient (Wildman–Crippen LogP) is 3.08. The summed E-state index contributed by atoms with van der Waals surface area (Å²) >= 11 is 0. The van der Waals surface area contributed by atoms with Crippen LogP contribution in [0.3, 0.4) is 0 Å². The van der Waals surface area contributed by atoms with Gasteiger partial charge in [-0.2, -0.15) is 0 Å². The molecule has 2 saturated carbocycles. The van der Waals surface area contributed by atoms with Gasteiger partial charge in [-0.15, -0.1) is 0 Å². The Balaban J connectivity index is 1.80. The van der Waals surface area contributed by atoms with Gasteiger partial charge in [0.15, 0.2) is 6.10 Å². The number of carboxylic acid groups (broad SMARTS) is 1. The molecule has 1 saturated heterocycles. The van der Waals surface area contributed by atoms with Crippen molar-refractivity contribution in [3.8, 4) is 0 Å². The molecule has 5 rings (SSSR count). The number of carbonyl (C=O) groups excluding carboxylic acids is 4. The summed E-state index contributed by atoms with van der Waals surface area (Å²) in [5, 5.41) is 35.3. The van der Waals surface area contributed by atoms with Crippen LogP contribution in [0.1, 0.15) is 72.3 Å². The summed E-state index contributed by atoms with van der Waals surface area (Å²) in [5.41, 5.74) is -6.41. The Kier molecular flexibility index (Phi) is 8.96. The van der Waals surface area contributed by atoms with Crippen LogP contribution in [0, 0.1) is 34.5 Å². The molecule has 0 radical (unpaired) electrons. The Morgan fingerprint density at radius 1 is 1.17 bits per heavy atom. The lowest BCUT2D eigenvalue weighted by molar-refractivity contribution is -0.231. The van der Waals surface area contributed by atoms with Crippen molar-refractivity contribution >= 4 is 29.8 Å². The van der Waals surface area contributed by atoms with Gasteiger partial charge in [0.2, 0.25) is 0 Å². The van der Waals surface area contributed by atoms with E-state index in [0.717, 1.165) is 6.08 Å². The molecule has 262 valence electrons. The molecule has 3 N–H and O–H groups in total. The molecular formula is C35H44O13. The summed E-state index contributed by atoms with van der Waals surface area (Å²) < 4.78 is 28.3. The minimum atomic E-state index is -2.25. The third-order valence-electron chi connectivity index (χ3n) is 11.8. The first kappa shape index (κ1) is 35.3. The topological polar surface area (TPSA) is 196 Å². The second-order valence-corrected chi connectivity index (χ2v) is 14.4. The zero-order valence-electron chi connectivity index (χ0n) is 28.0. The van der Waals surface area contributed by atoms with Crippen LogP contribution < -0.4 is 0 Å². The second kappa shape index (κ2) is 12.2. The van der Waals surface area contributed by atoms with E-state index in [0.29, 0.717) is 12.0 Å². The average molecular weight is 673 g/mol. The number of aliphatic hydroxyl groups is 2. The number of furan rings is 1. The van der Waals surface area contributed by atoms with Crippen molar-refractivity contribution in [1.82, 2.24) is 0 Å². The van der Waals surface area contributed by atoms with E-state index in [2.05, 4.69) is 6.58 Å². The SMILES string of the molecule is C=C1[C@@H]([C@@]2(C)C=CC(=O)O[C@]3(C)COC(=O)C[C@H]23)[C@H](C(=O)O)[C@H](OC(=O)[C@H](O)[C@@H](C)CC)[C@@]2(C)[C@H](c3ccoc3)C[C@H](OC(C)=O)[C@]12O. The van der Waals surface area contributed by atoms with Gasteiger partial charge in [-0.05, 0) is 36.5 Å². The van der Waals surface area contributed by atoms with E-state index < -0.39 is 99.8 Å². The van der Waals surface area contributed by atoms with E-state index in [1.807, 2.05) is 0 Å². The van der Waals surface area contributed by atoms with Crippen molar-refractivity contribution in [2.75, 3.05) is 6.61 Å². The average Bonchev–Trinajstić information content (AvgIpc) is 3.61. The molecule has 12 atom stereocenters. The van der Waals surface area contributed by atoms with E-state index in [9.17, 15) is 39.3 Å². The fraction of sp³-hybridized carbons (Fsp3) is 0.629. The van der Waals surface area contributed by atoms with Crippen molar-refractivity contribution in [2.24, 2.45) is 34.5 Å². The minimum Gasteiger partial charge on any atom is -0.481 e. The summed E-state index contributed by atoms with van der Waals surface area (Å²) in [4.78, 5) is 65.7. The number of cyclic esters (lactones) is 1. The molecule has 2 aliphatic carbocycles. The first-order valence-electron chi connectivity index (χ1n) is 16.2. The number of carbonyl (C=O) groups is 5. The normalized spacial score (nSPS) is 40.4. The van der Waals surface area contributed by atoms with Crippen molar-refractivity contribution < 1.29 is 62.7 Å². The standard InChI is InChI=1S/C35H44O13/c1-8-17(2)28(39)31(42)47-29-26(30(40)41)27(32(5)11-9-24(37)48-33(6)16-45-25(38)14-22(32)33)18(3)35(43)23(46-19(4)36)13-21(34(29,35)7)20-10-12-44-15-20/h9-12,15,17,21-23,26-29,39,43H,3,8,13-14,16H2,1-2,4-7H3,(H,40,41)/t17-,21-,22+,23-,26-,27+,28+,29-,32-,33+,34+,35+/m0/s1. The number of ether oxygens (including phenoxy) is 4. The van der Waals surface area contributed by atoms with Crippen LogP contribution in [0.4, 0.5) is 0 Å². The molecule has 3 fully saturated rings. The van der Waals surface area contributed by atoms with Crippen molar-refractivity contribution in [3.05, 3.63) is 48.5 Å². The highest BCUT2D eigenvalue weighted by Gasteiger charge is 2.77. The van der Waals surface area contributed by atoms with E-state index in [1.54, 1.807) is 40.7 Å². The first-order valence-corrected chi connectivity index (χ1v) is 16.2. The molecule has 3 heterocycles. The van der Waals surface area contributed by atoms with Gasteiger partial charge in [-0.1, -0.05) is 46.8 Å². The van der Waals surface area contributed by atoms with Gasteiger partial charge in [-0.25, -0.2) is 9.59 Å². The highest BCUT2D eigenvalue weighted by Crippen LogP contribution is 2.70. The lowest BCUT2D eigenvalue weighted by atomic mass is 9.45. The maximum absolute atomic E-state index is 13.7. The van der Waals surface area contributed by atoms with E-state index in [4.69, 9.17) is 23.4 Å². The number of hydrogen-bond donors (Lipinski definition) is 3. The monoisotopic (exact) mass is 672 g/mol. The second-order valence-electron chi connectivity index (χ2n) is 14.4. The maximum Gasteiger partial charge on any atom is 0.335 e. The number of allylic oxidation sites excluding steroid dienone is 1. The highest BCUT2D eigenvalue weighted by molar-refractivity contribution is 5.84. The molecule has 0 bridgehead atoms. The molecule has 48 heavy (non-hydrogen) atoms. The number of aliphatic carboxylic acids is 1. The van der Waals surface area contributed by atoms with Gasteiger partial charge >= 0.3 is 29.8 Å². The van der Waals surface area contributed by atoms with Gasteiger partial charge in [0.05, 0.1) is 18.9 Å². The molecule has 2 aliphatic heterocycles. The molecule has 0 amide bonds. The minimum absolute atomic E-state index is 0.0339. The van der Waals surface area contributed by atoms with E-state index in [-0.39, 0.29) is 25.0 Å². The van der Waals surface area contributed by atoms with E-state index >= 15 is 0 Å². The third-order valence-corrected chi connectivity index (χ3v) is 11.8. The van der Waals surface area contributed by atoms with Crippen molar-refractivity contribution in [1.29, 1.82) is 0 Å². The van der Waals surface area contributed by atoms with E-state index in [1.165, 1.54) is 25.5 Å². The Hall–Kier alpha value is -3.97. The quantitative estimate of drug-likeness (QED) is 0.207. The van der Waals surface area contributed by atoms with Crippen LogP contribution in [0.2, 0.25) is 0 Å². The molecule has 13 nitrogen and oxygen atoms in total. The van der Waals surface area contributed by atoms with Gasteiger partial charge < -0.3 is 38.7 Å². The Labute approximate surface area is 278 Å². The number of rotatable bonds is 8. The maximum atomic E-state index is 13.7. The van der Waals surface area contributed by atoms with Crippen LogP contribution in [-0.2, 0) is 42.9 Å². The summed E-state index contributed by atoms with van der Waals surface area (Å²) in [5.74, 6) is -9.87. The Morgan fingerprint density at radius 2 is 1.85 bits per heavy atom. The zero-order valence-corrected chi connectivity index (χ0v) is 28.0. The molecular weight excluding hydrogens is 628 g/mol. The fourth-order valence-corrected chi connectivity index (χ4v) is 9.07. The number of hydrogen-bond acceptors (Lipinski definition) is 12. The molecule has 4 aliphatic rings. The van der Waals surface area contributed by atoms with Crippen LogP contribution >= 0.6 is 0 Å². The number of carboxylic acids is 1.